The molecule has 2 aromatic heterocycles. The monoisotopic (exact) mass is 257 g/mol. The van der Waals surface area contributed by atoms with Gasteiger partial charge in [0.15, 0.2) is 0 Å². The van der Waals surface area contributed by atoms with Gasteiger partial charge in [0.25, 0.3) is 0 Å². The average molecular weight is 257 g/mol. The van der Waals surface area contributed by atoms with Crippen LogP contribution in [0.15, 0.2) is 18.5 Å². The molecule has 1 fully saturated rings. The molecule has 5 heteroatoms. The highest BCUT2D eigenvalue weighted by Crippen LogP contribution is 2.30. The summed E-state index contributed by atoms with van der Waals surface area (Å²) in [5.41, 5.74) is 3.95. The zero-order valence-electron chi connectivity index (χ0n) is 11.4. The molecule has 0 bridgehead atoms. The van der Waals surface area contributed by atoms with Crippen LogP contribution < -0.4 is 0 Å². The SMILES string of the molecule is Cc1cc(-c2nccnc2C2CCCN(C)C2)n[nH]1. The zero-order chi connectivity index (χ0) is 13.2. The van der Waals surface area contributed by atoms with E-state index in [1.165, 1.54) is 19.4 Å². The molecule has 1 aliphatic heterocycles. The maximum atomic E-state index is 4.58. The number of aromatic amines is 1. The first kappa shape index (κ1) is 12.3. The zero-order valence-corrected chi connectivity index (χ0v) is 11.4. The molecule has 0 aliphatic carbocycles. The second-order valence-electron chi connectivity index (χ2n) is 5.33. The smallest absolute Gasteiger partial charge is 0.113 e. The maximum absolute atomic E-state index is 4.58. The van der Waals surface area contributed by atoms with Crippen LogP contribution in [0.4, 0.5) is 0 Å². The van der Waals surface area contributed by atoms with Gasteiger partial charge in [-0.15, -0.1) is 0 Å². The number of nitrogens with one attached hydrogen (secondary N) is 1. The van der Waals surface area contributed by atoms with Crippen molar-refractivity contribution in [3.8, 4) is 11.4 Å². The standard InChI is InChI=1S/C14H19N5/c1-10-8-12(18-17-10)14-13(15-5-6-16-14)11-4-3-7-19(2)9-11/h5-6,8,11H,3-4,7,9H2,1-2H3,(H,17,18). The van der Waals surface area contributed by atoms with Crippen LogP contribution >= 0.6 is 0 Å². The molecule has 1 saturated heterocycles. The summed E-state index contributed by atoms with van der Waals surface area (Å²) in [6.07, 6.45) is 5.93. The van der Waals surface area contributed by atoms with Crippen molar-refractivity contribution >= 4 is 0 Å². The Morgan fingerprint density at radius 1 is 1.32 bits per heavy atom. The Kier molecular flexibility index (Phi) is 3.29. The van der Waals surface area contributed by atoms with E-state index in [1.807, 2.05) is 13.0 Å². The molecule has 0 radical (unpaired) electrons. The number of likely N-dealkylation sites (tertiary alicyclic amines) is 1. The van der Waals surface area contributed by atoms with Crippen LogP contribution in [0, 0.1) is 6.92 Å². The van der Waals surface area contributed by atoms with Gasteiger partial charge in [0, 0.05) is 30.6 Å². The van der Waals surface area contributed by atoms with Gasteiger partial charge in [-0.25, -0.2) is 0 Å². The number of aromatic nitrogens is 4. The summed E-state index contributed by atoms with van der Waals surface area (Å²) < 4.78 is 0. The largest absolute Gasteiger partial charge is 0.306 e. The van der Waals surface area contributed by atoms with Crippen molar-refractivity contribution in [2.75, 3.05) is 20.1 Å². The molecule has 0 aromatic carbocycles. The lowest BCUT2D eigenvalue weighted by molar-refractivity contribution is 0.248. The van der Waals surface area contributed by atoms with E-state index in [9.17, 15) is 0 Å². The third kappa shape index (κ3) is 2.51. The lowest BCUT2D eigenvalue weighted by Crippen LogP contribution is -2.31. The number of piperidine rings is 1. The van der Waals surface area contributed by atoms with Crippen LogP contribution in [-0.4, -0.2) is 45.2 Å². The third-order valence-corrected chi connectivity index (χ3v) is 3.69. The maximum Gasteiger partial charge on any atom is 0.113 e. The van der Waals surface area contributed by atoms with Crippen molar-refractivity contribution in [2.24, 2.45) is 0 Å². The van der Waals surface area contributed by atoms with Crippen LogP contribution in [0.25, 0.3) is 11.4 Å². The average Bonchev–Trinajstić information content (AvgIpc) is 2.85. The molecule has 1 aliphatic rings. The Balaban J connectivity index is 1.97. The summed E-state index contributed by atoms with van der Waals surface area (Å²) in [6.45, 7) is 4.23. The van der Waals surface area contributed by atoms with Crippen LogP contribution in [0.3, 0.4) is 0 Å². The minimum atomic E-state index is 0.458. The predicted octanol–water partition coefficient (Wildman–Crippen LogP) is 1.98. The van der Waals surface area contributed by atoms with E-state index in [4.69, 9.17) is 0 Å². The lowest BCUT2D eigenvalue weighted by Gasteiger charge is -2.29. The Morgan fingerprint density at radius 3 is 2.89 bits per heavy atom. The van der Waals surface area contributed by atoms with Gasteiger partial charge in [-0.2, -0.15) is 5.10 Å². The van der Waals surface area contributed by atoms with Crippen LogP contribution in [0.1, 0.15) is 30.1 Å². The topological polar surface area (TPSA) is 57.7 Å². The van der Waals surface area contributed by atoms with E-state index < -0.39 is 0 Å². The van der Waals surface area contributed by atoms with Crippen molar-refractivity contribution in [3.05, 3.63) is 29.8 Å². The fraction of sp³-hybridized carbons (Fsp3) is 0.500. The predicted molar refractivity (Wildman–Crippen MR) is 73.8 cm³/mol. The normalized spacial score (nSPS) is 20.6. The van der Waals surface area contributed by atoms with Gasteiger partial charge >= 0.3 is 0 Å². The summed E-state index contributed by atoms with van der Waals surface area (Å²) in [6, 6.07) is 2.03. The molecule has 5 nitrogen and oxygen atoms in total. The van der Waals surface area contributed by atoms with Gasteiger partial charge in [-0.1, -0.05) is 0 Å². The molecule has 1 unspecified atom stereocenters. The van der Waals surface area contributed by atoms with Gasteiger partial charge in [0.05, 0.1) is 5.69 Å². The fourth-order valence-corrected chi connectivity index (χ4v) is 2.77. The van der Waals surface area contributed by atoms with Crippen molar-refractivity contribution in [1.82, 2.24) is 25.1 Å². The van der Waals surface area contributed by atoms with Gasteiger partial charge in [-0.05, 0) is 39.4 Å². The van der Waals surface area contributed by atoms with Crippen molar-refractivity contribution in [3.63, 3.8) is 0 Å². The summed E-state index contributed by atoms with van der Waals surface area (Å²) in [7, 11) is 2.17. The number of rotatable bonds is 2. The highest BCUT2D eigenvalue weighted by atomic mass is 15.1. The molecule has 0 amide bonds. The summed E-state index contributed by atoms with van der Waals surface area (Å²) in [5, 5.41) is 7.30. The van der Waals surface area contributed by atoms with E-state index in [2.05, 4.69) is 32.1 Å². The highest BCUT2D eigenvalue weighted by Gasteiger charge is 2.24. The van der Waals surface area contributed by atoms with Crippen LogP contribution in [-0.2, 0) is 0 Å². The van der Waals surface area contributed by atoms with Gasteiger partial charge in [0.2, 0.25) is 0 Å². The molecule has 1 N–H and O–H groups in total. The molecular weight excluding hydrogens is 238 g/mol. The summed E-state index contributed by atoms with van der Waals surface area (Å²) in [4.78, 5) is 11.4. The quantitative estimate of drug-likeness (QED) is 0.893. The molecule has 100 valence electrons. The molecule has 0 saturated carbocycles. The summed E-state index contributed by atoms with van der Waals surface area (Å²) >= 11 is 0. The first-order chi connectivity index (χ1) is 9.24. The van der Waals surface area contributed by atoms with Crippen LogP contribution in [0.5, 0.6) is 0 Å². The number of H-pyrrole nitrogens is 1. The number of hydrogen-bond donors (Lipinski definition) is 1. The fourth-order valence-electron chi connectivity index (χ4n) is 2.77. The summed E-state index contributed by atoms with van der Waals surface area (Å²) in [5.74, 6) is 0.458. The molecule has 1 atom stereocenters. The second kappa shape index (κ2) is 5.09. The lowest BCUT2D eigenvalue weighted by atomic mass is 9.93. The first-order valence-electron chi connectivity index (χ1n) is 6.76. The van der Waals surface area contributed by atoms with Crippen molar-refractivity contribution in [2.45, 2.75) is 25.7 Å². The highest BCUT2D eigenvalue weighted by molar-refractivity contribution is 5.57. The van der Waals surface area contributed by atoms with E-state index in [1.54, 1.807) is 12.4 Å². The Labute approximate surface area is 113 Å². The molecule has 3 rings (SSSR count). The molecule has 2 aromatic rings. The molecule has 19 heavy (non-hydrogen) atoms. The first-order valence-corrected chi connectivity index (χ1v) is 6.76. The number of likely N-dealkylation sites (N-methyl/N-ethyl adjacent to an activating group) is 1. The minimum absolute atomic E-state index is 0.458. The van der Waals surface area contributed by atoms with Crippen molar-refractivity contribution < 1.29 is 0 Å². The number of nitrogens with zero attached hydrogens (tertiary/aromatic N) is 4. The van der Waals surface area contributed by atoms with E-state index in [0.29, 0.717) is 5.92 Å². The van der Waals surface area contributed by atoms with E-state index >= 15 is 0 Å². The van der Waals surface area contributed by atoms with Gasteiger partial charge < -0.3 is 4.90 Å². The molecular formula is C14H19N5. The van der Waals surface area contributed by atoms with E-state index in [-0.39, 0.29) is 0 Å². The Morgan fingerprint density at radius 2 is 2.16 bits per heavy atom. The molecule has 3 heterocycles. The minimum Gasteiger partial charge on any atom is -0.306 e. The van der Waals surface area contributed by atoms with Crippen LogP contribution in [0.2, 0.25) is 0 Å². The van der Waals surface area contributed by atoms with E-state index in [0.717, 1.165) is 29.3 Å². The van der Waals surface area contributed by atoms with Crippen molar-refractivity contribution in [1.29, 1.82) is 0 Å². The van der Waals surface area contributed by atoms with Gasteiger partial charge in [-0.3, -0.25) is 15.1 Å². The Hall–Kier alpha value is -1.75. The Bertz CT molecular complexity index is 562. The number of hydrogen-bond acceptors (Lipinski definition) is 4. The third-order valence-electron chi connectivity index (χ3n) is 3.69. The number of aryl methyl sites for hydroxylation is 1. The molecule has 0 spiro atoms. The second-order valence-corrected chi connectivity index (χ2v) is 5.33. The van der Waals surface area contributed by atoms with Gasteiger partial charge in [0.1, 0.15) is 11.4 Å².